The van der Waals surface area contributed by atoms with E-state index in [4.69, 9.17) is 9.73 Å². The molecular formula is C22H36FIN4O. The molecule has 0 aromatic heterocycles. The summed E-state index contributed by atoms with van der Waals surface area (Å²) >= 11 is 0. The van der Waals surface area contributed by atoms with Gasteiger partial charge in [0.25, 0.3) is 0 Å². The Morgan fingerprint density at radius 2 is 1.90 bits per heavy atom. The van der Waals surface area contributed by atoms with E-state index in [1.54, 1.807) is 19.2 Å². The van der Waals surface area contributed by atoms with Gasteiger partial charge in [-0.3, -0.25) is 9.89 Å². The van der Waals surface area contributed by atoms with Crippen LogP contribution >= 0.6 is 24.0 Å². The SMILES string of the molecule is CCNC(=NCC1CCN(Cc2ccccc2F)CC1)N1CCC(COC)C1.I. The van der Waals surface area contributed by atoms with Gasteiger partial charge in [-0.15, -0.1) is 24.0 Å². The standard InChI is InChI=1S/C22H35FN4O.HI/c1-3-24-22(27-13-10-19(15-27)17-28-2)25-14-18-8-11-26(12-9-18)16-20-6-4-5-7-21(20)23;/h4-7,18-19H,3,8-17H2,1-2H3,(H,24,25);1H. The lowest BCUT2D eigenvalue weighted by atomic mass is 9.96. The number of piperidine rings is 1. The van der Waals surface area contributed by atoms with Gasteiger partial charge in [-0.05, 0) is 51.3 Å². The van der Waals surface area contributed by atoms with Gasteiger partial charge in [0.1, 0.15) is 5.82 Å². The van der Waals surface area contributed by atoms with Crippen LogP contribution < -0.4 is 5.32 Å². The lowest BCUT2D eigenvalue weighted by Crippen LogP contribution is -2.41. The molecule has 1 N–H and O–H groups in total. The van der Waals surface area contributed by atoms with Crippen LogP contribution in [0.2, 0.25) is 0 Å². The maximum atomic E-state index is 13.9. The molecule has 0 spiro atoms. The van der Waals surface area contributed by atoms with Gasteiger partial charge >= 0.3 is 0 Å². The van der Waals surface area contributed by atoms with E-state index in [9.17, 15) is 4.39 Å². The number of nitrogens with zero attached hydrogens (tertiary/aromatic N) is 3. The molecule has 2 heterocycles. The fourth-order valence-electron chi connectivity index (χ4n) is 4.23. The minimum atomic E-state index is -0.0955. The highest BCUT2D eigenvalue weighted by atomic mass is 127. The first-order chi connectivity index (χ1) is 13.7. The third kappa shape index (κ3) is 7.36. The molecular weight excluding hydrogens is 482 g/mol. The van der Waals surface area contributed by atoms with Crippen molar-refractivity contribution >= 4 is 29.9 Å². The van der Waals surface area contributed by atoms with Crippen molar-refractivity contribution in [2.45, 2.75) is 32.7 Å². The molecule has 29 heavy (non-hydrogen) atoms. The first-order valence-electron chi connectivity index (χ1n) is 10.7. The molecule has 2 aliphatic heterocycles. The molecule has 2 fully saturated rings. The van der Waals surface area contributed by atoms with Gasteiger partial charge in [0.15, 0.2) is 5.96 Å². The molecule has 0 radical (unpaired) electrons. The van der Waals surface area contributed by atoms with Gasteiger partial charge in [-0.25, -0.2) is 4.39 Å². The van der Waals surface area contributed by atoms with Crippen LogP contribution in [0.3, 0.4) is 0 Å². The predicted octanol–water partition coefficient (Wildman–Crippen LogP) is 3.59. The van der Waals surface area contributed by atoms with Gasteiger partial charge in [0, 0.05) is 51.3 Å². The minimum Gasteiger partial charge on any atom is -0.384 e. The molecule has 164 valence electrons. The summed E-state index contributed by atoms with van der Waals surface area (Å²) < 4.78 is 19.2. The van der Waals surface area contributed by atoms with Crippen LogP contribution in [0.1, 0.15) is 31.7 Å². The number of hydrogen-bond donors (Lipinski definition) is 1. The van der Waals surface area contributed by atoms with E-state index in [1.807, 2.05) is 12.1 Å². The van der Waals surface area contributed by atoms with E-state index in [0.717, 1.165) is 70.2 Å². The maximum Gasteiger partial charge on any atom is 0.193 e. The van der Waals surface area contributed by atoms with E-state index in [-0.39, 0.29) is 29.8 Å². The molecule has 1 aromatic carbocycles. The number of hydrogen-bond acceptors (Lipinski definition) is 3. The van der Waals surface area contributed by atoms with Crippen LogP contribution in [0.4, 0.5) is 4.39 Å². The number of ether oxygens (including phenoxy) is 1. The van der Waals surface area contributed by atoms with Gasteiger partial charge in [-0.1, -0.05) is 18.2 Å². The summed E-state index contributed by atoms with van der Waals surface area (Å²) in [5.41, 5.74) is 0.799. The van der Waals surface area contributed by atoms with Crippen molar-refractivity contribution in [3.63, 3.8) is 0 Å². The molecule has 1 unspecified atom stereocenters. The Labute approximate surface area is 192 Å². The molecule has 0 aliphatic carbocycles. The Balaban J connectivity index is 0.00000300. The predicted molar refractivity (Wildman–Crippen MR) is 127 cm³/mol. The fraction of sp³-hybridized carbons (Fsp3) is 0.682. The largest absolute Gasteiger partial charge is 0.384 e. The summed E-state index contributed by atoms with van der Waals surface area (Å²) in [5, 5.41) is 3.46. The monoisotopic (exact) mass is 518 g/mol. The van der Waals surface area contributed by atoms with Crippen molar-refractivity contribution in [2.24, 2.45) is 16.8 Å². The average molecular weight is 518 g/mol. The Bertz CT molecular complexity index is 637. The molecule has 1 atom stereocenters. The number of rotatable bonds is 7. The van der Waals surface area contributed by atoms with Crippen LogP contribution in [0, 0.1) is 17.7 Å². The lowest BCUT2D eigenvalue weighted by Gasteiger charge is -2.31. The van der Waals surface area contributed by atoms with Crippen molar-refractivity contribution in [3.8, 4) is 0 Å². The summed E-state index contributed by atoms with van der Waals surface area (Å²) in [4.78, 5) is 9.69. The van der Waals surface area contributed by atoms with Gasteiger partial charge in [0.2, 0.25) is 0 Å². The first-order valence-corrected chi connectivity index (χ1v) is 10.7. The van der Waals surface area contributed by atoms with Crippen molar-refractivity contribution in [1.29, 1.82) is 0 Å². The zero-order chi connectivity index (χ0) is 19.8. The maximum absolute atomic E-state index is 13.9. The molecule has 2 saturated heterocycles. The Morgan fingerprint density at radius 3 is 2.59 bits per heavy atom. The topological polar surface area (TPSA) is 40.1 Å². The van der Waals surface area contributed by atoms with Gasteiger partial charge in [0.05, 0.1) is 6.61 Å². The van der Waals surface area contributed by atoms with Crippen molar-refractivity contribution in [3.05, 3.63) is 35.6 Å². The summed E-state index contributed by atoms with van der Waals surface area (Å²) in [6, 6.07) is 7.11. The van der Waals surface area contributed by atoms with Gasteiger partial charge < -0.3 is 15.0 Å². The number of guanidine groups is 1. The number of benzene rings is 1. The van der Waals surface area contributed by atoms with E-state index in [1.165, 1.54) is 6.42 Å². The van der Waals surface area contributed by atoms with E-state index < -0.39 is 0 Å². The highest BCUT2D eigenvalue weighted by Crippen LogP contribution is 2.21. The zero-order valence-corrected chi connectivity index (χ0v) is 20.1. The molecule has 3 rings (SSSR count). The molecule has 2 aliphatic rings. The number of nitrogens with one attached hydrogen (secondary N) is 1. The molecule has 0 saturated carbocycles. The second-order valence-electron chi connectivity index (χ2n) is 8.06. The number of methoxy groups -OCH3 is 1. The molecule has 5 nitrogen and oxygen atoms in total. The van der Waals surface area contributed by atoms with Crippen molar-refractivity contribution in [2.75, 3.05) is 53.0 Å². The first kappa shape index (κ1) is 24.3. The third-order valence-corrected chi connectivity index (χ3v) is 5.88. The normalized spacial score (nSPS) is 21.3. The highest BCUT2D eigenvalue weighted by molar-refractivity contribution is 14.0. The second kappa shape index (κ2) is 12.7. The summed E-state index contributed by atoms with van der Waals surface area (Å²) in [7, 11) is 1.78. The Kier molecular flexibility index (Phi) is 10.7. The van der Waals surface area contributed by atoms with E-state index >= 15 is 0 Å². The quantitative estimate of drug-likeness (QED) is 0.341. The minimum absolute atomic E-state index is 0. The lowest BCUT2D eigenvalue weighted by molar-refractivity contribution is 0.157. The molecule has 1 aromatic rings. The summed E-state index contributed by atoms with van der Waals surface area (Å²) in [6.07, 6.45) is 3.43. The number of likely N-dealkylation sites (tertiary alicyclic amines) is 2. The van der Waals surface area contributed by atoms with E-state index in [0.29, 0.717) is 18.4 Å². The Hall–Kier alpha value is -0.930. The highest BCUT2D eigenvalue weighted by Gasteiger charge is 2.25. The van der Waals surface area contributed by atoms with Gasteiger partial charge in [-0.2, -0.15) is 0 Å². The second-order valence-corrected chi connectivity index (χ2v) is 8.06. The average Bonchev–Trinajstić information content (AvgIpc) is 3.17. The van der Waals surface area contributed by atoms with Crippen LogP contribution in [-0.4, -0.2) is 68.7 Å². The summed E-state index contributed by atoms with van der Waals surface area (Å²) in [5.74, 6) is 2.18. The molecule has 0 bridgehead atoms. The smallest absolute Gasteiger partial charge is 0.193 e. The fourth-order valence-corrected chi connectivity index (χ4v) is 4.23. The van der Waals surface area contributed by atoms with Crippen molar-refractivity contribution < 1.29 is 9.13 Å². The van der Waals surface area contributed by atoms with Crippen molar-refractivity contribution in [1.82, 2.24) is 15.1 Å². The van der Waals surface area contributed by atoms with E-state index in [2.05, 4.69) is 22.0 Å². The third-order valence-electron chi connectivity index (χ3n) is 5.88. The Morgan fingerprint density at radius 1 is 1.17 bits per heavy atom. The summed E-state index contributed by atoms with van der Waals surface area (Å²) in [6.45, 7) is 9.56. The number of aliphatic imine (C=N–C) groups is 1. The van der Waals surface area contributed by atoms with Crippen LogP contribution in [0.5, 0.6) is 0 Å². The van der Waals surface area contributed by atoms with Crippen LogP contribution in [-0.2, 0) is 11.3 Å². The number of halogens is 2. The molecule has 7 heteroatoms. The van der Waals surface area contributed by atoms with Crippen LogP contribution in [0.15, 0.2) is 29.3 Å². The zero-order valence-electron chi connectivity index (χ0n) is 17.8. The van der Waals surface area contributed by atoms with Crippen LogP contribution in [0.25, 0.3) is 0 Å². The molecule has 0 amide bonds.